The Bertz CT molecular complexity index is 902. The van der Waals surface area contributed by atoms with Crippen LogP contribution in [0.1, 0.15) is 42.4 Å². The Labute approximate surface area is 152 Å². The number of nitrogens with one attached hydrogen (secondary N) is 1. The number of aromatic nitrogens is 2. The van der Waals surface area contributed by atoms with Crippen LogP contribution in [0.15, 0.2) is 35.4 Å². The van der Waals surface area contributed by atoms with Crippen molar-refractivity contribution in [2.45, 2.75) is 43.2 Å². The molecule has 26 heavy (non-hydrogen) atoms. The number of benzene rings is 1. The van der Waals surface area contributed by atoms with Crippen molar-refractivity contribution in [3.63, 3.8) is 0 Å². The third kappa shape index (κ3) is 3.24. The first-order chi connectivity index (χ1) is 12.6. The van der Waals surface area contributed by atoms with Crippen molar-refractivity contribution < 1.29 is 12.8 Å². The van der Waals surface area contributed by atoms with Crippen LogP contribution in [0.2, 0.25) is 0 Å². The fourth-order valence-corrected chi connectivity index (χ4v) is 5.26. The summed E-state index contributed by atoms with van der Waals surface area (Å²) >= 11 is 0. The zero-order valence-electron chi connectivity index (χ0n) is 14.4. The van der Waals surface area contributed by atoms with Gasteiger partial charge >= 0.3 is 0 Å². The van der Waals surface area contributed by atoms with Gasteiger partial charge in [-0.15, -0.1) is 0 Å². The molecule has 0 radical (unpaired) electrons. The molecule has 1 fully saturated rings. The minimum absolute atomic E-state index is 0.105. The molecule has 3 heterocycles. The van der Waals surface area contributed by atoms with E-state index in [1.54, 1.807) is 6.20 Å². The maximum absolute atomic E-state index is 13.2. The largest absolute Gasteiger partial charge is 0.312 e. The molecule has 138 valence electrons. The molecule has 8 heteroatoms. The van der Waals surface area contributed by atoms with Gasteiger partial charge < -0.3 is 5.32 Å². The zero-order valence-corrected chi connectivity index (χ0v) is 15.2. The fraction of sp³-hybridized carbons (Fsp3) is 0.444. The van der Waals surface area contributed by atoms with Crippen LogP contribution in [0, 0.1) is 5.82 Å². The van der Waals surface area contributed by atoms with Gasteiger partial charge in [0.1, 0.15) is 11.6 Å². The van der Waals surface area contributed by atoms with Crippen LogP contribution in [0.4, 0.5) is 4.39 Å². The van der Waals surface area contributed by atoms with Crippen molar-refractivity contribution in [2.75, 3.05) is 13.1 Å². The van der Waals surface area contributed by atoms with Crippen LogP contribution in [-0.4, -0.2) is 35.8 Å². The predicted octanol–water partition coefficient (Wildman–Crippen LogP) is 2.18. The Morgan fingerprint density at radius 3 is 2.81 bits per heavy atom. The average molecular weight is 376 g/mol. The van der Waals surface area contributed by atoms with E-state index in [4.69, 9.17) is 4.98 Å². The van der Waals surface area contributed by atoms with E-state index in [-0.39, 0.29) is 10.9 Å². The van der Waals surface area contributed by atoms with Crippen molar-refractivity contribution >= 4 is 10.0 Å². The van der Waals surface area contributed by atoms with Gasteiger partial charge in [0.05, 0.1) is 10.9 Å². The fourth-order valence-electron chi connectivity index (χ4n) is 3.60. The van der Waals surface area contributed by atoms with E-state index in [2.05, 4.69) is 10.3 Å². The Morgan fingerprint density at radius 2 is 2.00 bits per heavy atom. The molecule has 1 N–H and O–H groups in total. The third-order valence-corrected chi connectivity index (χ3v) is 6.92. The van der Waals surface area contributed by atoms with E-state index in [1.807, 2.05) is 0 Å². The summed E-state index contributed by atoms with van der Waals surface area (Å²) in [5.41, 5.74) is 2.07. The van der Waals surface area contributed by atoms with Gasteiger partial charge in [-0.05, 0) is 37.1 Å². The molecule has 1 atom stereocenters. The lowest BCUT2D eigenvalue weighted by Gasteiger charge is -2.34. The first-order valence-electron chi connectivity index (χ1n) is 8.88. The van der Waals surface area contributed by atoms with Gasteiger partial charge in [0, 0.05) is 43.5 Å². The Hall–Kier alpha value is -1.90. The van der Waals surface area contributed by atoms with Crippen molar-refractivity contribution in [2.24, 2.45) is 0 Å². The molecule has 0 amide bonds. The molecule has 0 aliphatic carbocycles. The summed E-state index contributed by atoms with van der Waals surface area (Å²) < 4.78 is 40.9. The van der Waals surface area contributed by atoms with Crippen LogP contribution in [-0.2, 0) is 23.0 Å². The zero-order chi connectivity index (χ0) is 18.1. The van der Waals surface area contributed by atoms with Crippen LogP contribution >= 0.6 is 0 Å². The molecule has 0 bridgehead atoms. The van der Waals surface area contributed by atoms with Crippen LogP contribution in [0.25, 0.3) is 0 Å². The highest BCUT2D eigenvalue weighted by atomic mass is 32.2. The average Bonchev–Trinajstić information content (AvgIpc) is 2.68. The quantitative estimate of drug-likeness (QED) is 0.889. The van der Waals surface area contributed by atoms with Crippen molar-refractivity contribution in [1.29, 1.82) is 0 Å². The van der Waals surface area contributed by atoms with Crippen molar-refractivity contribution in [3.05, 3.63) is 53.4 Å². The first-order valence-corrected chi connectivity index (χ1v) is 10.3. The molecule has 1 aromatic heterocycles. The molecule has 0 saturated carbocycles. The van der Waals surface area contributed by atoms with E-state index in [0.717, 1.165) is 43.6 Å². The van der Waals surface area contributed by atoms with Gasteiger partial charge in [-0.25, -0.2) is 22.8 Å². The summed E-state index contributed by atoms with van der Waals surface area (Å²) in [6, 6.07) is 4.60. The number of hydrogen-bond acceptors (Lipinski definition) is 5. The lowest BCUT2D eigenvalue weighted by molar-refractivity contribution is 0.246. The topological polar surface area (TPSA) is 75.2 Å². The third-order valence-electron chi connectivity index (χ3n) is 5.00. The number of hydrogen-bond donors (Lipinski definition) is 1. The predicted molar refractivity (Wildman–Crippen MR) is 94.3 cm³/mol. The second-order valence-corrected chi connectivity index (χ2v) is 8.60. The summed E-state index contributed by atoms with van der Waals surface area (Å²) in [5, 5.41) is 3.28. The van der Waals surface area contributed by atoms with Gasteiger partial charge in [0.25, 0.3) is 0 Å². The maximum atomic E-state index is 13.2. The second-order valence-electron chi connectivity index (χ2n) is 6.71. The van der Waals surface area contributed by atoms with Crippen molar-refractivity contribution in [1.82, 2.24) is 19.6 Å². The molecule has 4 rings (SSSR count). The van der Waals surface area contributed by atoms with Crippen LogP contribution in [0.5, 0.6) is 0 Å². The van der Waals surface area contributed by atoms with Crippen LogP contribution in [0.3, 0.4) is 0 Å². The summed E-state index contributed by atoms with van der Waals surface area (Å²) in [6.07, 6.45) is 5.05. The van der Waals surface area contributed by atoms with Gasteiger partial charge in [0.2, 0.25) is 10.0 Å². The summed E-state index contributed by atoms with van der Waals surface area (Å²) in [7, 11) is -3.72. The van der Waals surface area contributed by atoms with E-state index in [1.165, 1.54) is 28.6 Å². The summed E-state index contributed by atoms with van der Waals surface area (Å²) in [6.45, 7) is 2.04. The first kappa shape index (κ1) is 17.5. The van der Waals surface area contributed by atoms with Gasteiger partial charge in [-0.2, -0.15) is 4.31 Å². The molecule has 0 unspecified atom stereocenters. The lowest BCUT2D eigenvalue weighted by Crippen LogP contribution is -2.39. The molecule has 2 aliphatic rings. The number of piperidine rings is 1. The second kappa shape index (κ2) is 7.02. The number of nitrogens with zero attached hydrogens (tertiary/aromatic N) is 3. The van der Waals surface area contributed by atoms with E-state index >= 15 is 0 Å². The monoisotopic (exact) mass is 376 g/mol. The van der Waals surface area contributed by atoms with Crippen LogP contribution < -0.4 is 5.32 Å². The standard InChI is InChI=1S/C18H21FN4O2S/c19-14-4-6-15(7-5-14)26(24,25)23-10-2-1-3-17(23)18-21-12-13-11-20-9-8-16(13)22-18/h4-7,12,17,20H,1-3,8-11H2/t17-/m0/s1. The van der Waals surface area contributed by atoms with Crippen molar-refractivity contribution in [3.8, 4) is 0 Å². The number of halogens is 1. The number of fused-ring (bicyclic) bond motifs is 1. The molecular formula is C18H21FN4O2S. The van der Waals surface area contributed by atoms with E-state index < -0.39 is 15.8 Å². The Balaban J connectivity index is 1.69. The molecule has 0 spiro atoms. The SMILES string of the molecule is O=S(=O)(c1ccc(F)cc1)N1CCCC[C@H]1c1ncc2c(n1)CCNC2. The highest BCUT2D eigenvalue weighted by molar-refractivity contribution is 7.89. The minimum Gasteiger partial charge on any atom is -0.312 e. The normalized spacial score (nSPS) is 21.3. The molecule has 2 aliphatic heterocycles. The highest BCUT2D eigenvalue weighted by Gasteiger charge is 2.36. The number of sulfonamides is 1. The van der Waals surface area contributed by atoms with E-state index in [9.17, 15) is 12.8 Å². The highest BCUT2D eigenvalue weighted by Crippen LogP contribution is 2.34. The lowest BCUT2D eigenvalue weighted by atomic mass is 10.0. The Kier molecular flexibility index (Phi) is 4.73. The molecular weight excluding hydrogens is 355 g/mol. The molecule has 1 saturated heterocycles. The number of rotatable bonds is 3. The van der Waals surface area contributed by atoms with Gasteiger partial charge in [-0.3, -0.25) is 0 Å². The smallest absolute Gasteiger partial charge is 0.243 e. The van der Waals surface area contributed by atoms with E-state index in [0.29, 0.717) is 18.8 Å². The Morgan fingerprint density at radius 1 is 1.19 bits per heavy atom. The van der Waals surface area contributed by atoms with Gasteiger partial charge in [-0.1, -0.05) is 6.42 Å². The molecule has 6 nitrogen and oxygen atoms in total. The molecule has 2 aromatic rings. The summed E-state index contributed by atoms with van der Waals surface area (Å²) in [5.74, 6) is 0.113. The van der Waals surface area contributed by atoms with Gasteiger partial charge in [0.15, 0.2) is 0 Å². The minimum atomic E-state index is -3.72. The summed E-state index contributed by atoms with van der Waals surface area (Å²) in [4.78, 5) is 9.27. The maximum Gasteiger partial charge on any atom is 0.243 e. The molecule has 1 aromatic carbocycles.